The number of fused-ring (bicyclic) bond motifs is 1. The second-order valence-electron chi connectivity index (χ2n) is 3.74. The summed E-state index contributed by atoms with van der Waals surface area (Å²) in [6, 6.07) is 4.47. The van der Waals surface area contributed by atoms with Crippen molar-refractivity contribution in [3.05, 3.63) is 18.2 Å². The van der Waals surface area contributed by atoms with E-state index in [1.807, 2.05) is 0 Å². The molecule has 2 rings (SSSR count). The van der Waals surface area contributed by atoms with E-state index in [-0.39, 0.29) is 12.4 Å². The molecule has 1 aliphatic rings. The van der Waals surface area contributed by atoms with Crippen LogP contribution < -0.4 is 9.47 Å². The van der Waals surface area contributed by atoms with Gasteiger partial charge in [-0.25, -0.2) is 4.79 Å². The highest BCUT2D eigenvalue weighted by molar-refractivity contribution is 5.80. The minimum atomic E-state index is -1.17. The first-order chi connectivity index (χ1) is 7.55. The predicted octanol–water partition coefficient (Wildman–Crippen LogP) is 1.10. The third-order valence-electron chi connectivity index (χ3n) is 2.38. The van der Waals surface area contributed by atoms with Crippen molar-refractivity contribution in [2.24, 2.45) is 0 Å². The number of benzene rings is 1. The smallest absolute Gasteiger partial charge is 0.353 e. The van der Waals surface area contributed by atoms with Crippen molar-refractivity contribution < 1.29 is 24.1 Å². The summed E-state index contributed by atoms with van der Waals surface area (Å²) in [6.07, 6.45) is 0. The summed E-state index contributed by atoms with van der Waals surface area (Å²) in [6.45, 7) is 1.66. The van der Waals surface area contributed by atoms with Crippen LogP contribution in [0.1, 0.15) is 6.92 Å². The third kappa shape index (κ3) is 1.64. The highest BCUT2D eigenvalue weighted by Gasteiger charge is 2.41. The van der Waals surface area contributed by atoms with Crippen LogP contribution in [0.4, 0.5) is 0 Å². The second kappa shape index (κ2) is 3.59. The molecule has 0 amide bonds. The zero-order chi connectivity index (χ0) is 11.8. The average molecular weight is 224 g/mol. The number of carbonyl (C=O) groups excluding carboxylic acids is 1. The number of phenols is 1. The Balaban J connectivity index is 2.32. The number of aromatic hydroxyl groups is 1. The fraction of sp³-hybridized carbons (Fsp3) is 0.364. The third-order valence-corrected chi connectivity index (χ3v) is 2.38. The van der Waals surface area contributed by atoms with E-state index < -0.39 is 11.6 Å². The van der Waals surface area contributed by atoms with Crippen molar-refractivity contribution in [1.82, 2.24) is 0 Å². The topological polar surface area (TPSA) is 65.0 Å². The summed E-state index contributed by atoms with van der Waals surface area (Å²) < 4.78 is 15.5. The van der Waals surface area contributed by atoms with Crippen LogP contribution in [0, 0.1) is 0 Å². The average Bonchev–Trinajstić information content (AvgIpc) is 2.27. The molecule has 0 spiro atoms. The van der Waals surface area contributed by atoms with Gasteiger partial charge in [0.25, 0.3) is 0 Å². The minimum absolute atomic E-state index is 0.0523. The predicted molar refractivity (Wildman–Crippen MR) is 54.7 cm³/mol. The summed E-state index contributed by atoms with van der Waals surface area (Å²) in [5.41, 5.74) is -1.17. The molecular weight excluding hydrogens is 212 g/mol. The van der Waals surface area contributed by atoms with E-state index >= 15 is 0 Å². The molecule has 5 heteroatoms. The maximum Gasteiger partial charge on any atom is 0.353 e. The van der Waals surface area contributed by atoms with E-state index in [0.29, 0.717) is 11.5 Å². The number of hydrogen-bond donors (Lipinski definition) is 1. The number of ether oxygens (including phenoxy) is 3. The molecule has 0 aliphatic carbocycles. The van der Waals surface area contributed by atoms with E-state index in [0.717, 1.165) is 0 Å². The van der Waals surface area contributed by atoms with Crippen molar-refractivity contribution in [3.8, 4) is 17.2 Å². The van der Waals surface area contributed by atoms with Gasteiger partial charge in [0.05, 0.1) is 7.11 Å². The van der Waals surface area contributed by atoms with Crippen molar-refractivity contribution in [3.63, 3.8) is 0 Å². The number of rotatable bonds is 1. The fourth-order valence-electron chi connectivity index (χ4n) is 1.50. The summed E-state index contributed by atoms with van der Waals surface area (Å²) >= 11 is 0. The highest BCUT2D eigenvalue weighted by Crippen LogP contribution is 2.37. The number of esters is 1. The maximum absolute atomic E-state index is 11.5. The van der Waals surface area contributed by atoms with Crippen molar-refractivity contribution >= 4 is 5.97 Å². The maximum atomic E-state index is 11.5. The molecule has 1 atom stereocenters. The molecule has 0 bridgehead atoms. The van der Waals surface area contributed by atoms with Crippen molar-refractivity contribution in [2.45, 2.75) is 12.5 Å². The van der Waals surface area contributed by atoms with E-state index in [4.69, 9.17) is 9.47 Å². The van der Waals surface area contributed by atoms with Gasteiger partial charge in [-0.05, 0) is 19.1 Å². The fourth-order valence-corrected chi connectivity index (χ4v) is 1.50. The van der Waals surface area contributed by atoms with Gasteiger partial charge in [0.2, 0.25) is 5.60 Å². The number of carbonyl (C=O) groups is 1. The van der Waals surface area contributed by atoms with Gasteiger partial charge in [-0.3, -0.25) is 0 Å². The first-order valence-electron chi connectivity index (χ1n) is 4.78. The van der Waals surface area contributed by atoms with E-state index in [1.165, 1.54) is 19.2 Å². The molecule has 86 valence electrons. The lowest BCUT2D eigenvalue weighted by atomic mass is 10.1. The van der Waals surface area contributed by atoms with Crippen molar-refractivity contribution in [2.75, 3.05) is 13.7 Å². The molecule has 0 fully saturated rings. The van der Waals surface area contributed by atoms with Gasteiger partial charge in [-0.2, -0.15) is 0 Å². The molecular formula is C11H12O5. The zero-order valence-corrected chi connectivity index (χ0v) is 9.02. The highest BCUT2D eigenvalue weighted by atomic mass is 16.6. The second-order valence-corrected chi connectivity index (χ2v) is 3.74. The lowest BCUT2D eigenvalue weighted by Gasteiger charge is -2.32. The van der Waals surface area contributed by atoms with E-state index in [1.54, 1.807) is 13.0 Å². The molecule has 0 saturated heterocycles. The van der Waals surface area contributed by atoms with Crippen LogP contribution in [0.25, 0.3) is 0 Å². The Morgan fingerprint density at radius 2 is 2.25 bits per heavy atom. The molecule has 1 aromatic carbocycles. The molecule has 5 nitrogen and oxygen atoms in total. The zero-order valence-electron chi connectivity index (χ0n) is 9.02. The Kier molecular flexibility index (Phi) is 2.38. The number of hydrogen-bond acceptors (Lipinski definition) is 5. The van der Waals surface area contributed by atoms with Gasteiger partial charge < -0.3 is 19.3 Å². The first kappa shape index (κ1) is 10.6. The van der Waals surface area contributed by atoms with E-state index in [9.17, 15) is 9.90 Å². The standard InChI is InChI=1S/C11H12O5/c1-11(10(13)14-2)6-15-8-4-3-7(12)5-9(8)16-11/h3-5,12H,6H2,1-2H3. The molecule has 1 aromatic rings. The summed E-state index contributed by atoms with van der Waals surface area (Å²) in [5.74, 6) is 0.372. The summed E-state index contributed by atoms with van der Waals surface area (Å²) in [5, 5.41) is 9.30. The number of methoxy groups -OCH3 is 1. The van der Waals surface area contributed by atoms with E-state index in [2.05, 4.69) is 4.74 Å². The van der Waals surface area contributed by atoms with Crippen LogP contribution in [0.15, 0.2) is 18.2 Å². The SMILES string of the molecule is COC(=O)C1(C)COc2ccc(O)cc2O1. The van der Waals surface area contributed by atoms with Crippen molar-refractivity contribution in [1.29, 1.82) is 0 Å². The van der Waals surface area contributed by atoms with Gasteiger partial charge >= 0.3 is 5.97 Å². The Bertz CT molecular complexity index is 428. The van der Waals surface area contributed by atoms with Crippen LogP contribution in [0.5, 0.6) is 17.2 Å². The van der Waals surface area contributed by atoms with Gasteiger partial charge in [0.1, 0.15) is 12.4 Å². The molecule has 1 heterocycles. The first-order valence-corrected chi connectivity index (χ1v) is 4.78. The molecule has 16 heavy (non-hydrogen) atoms. The molecule has 0 saturated carbocycles. The Labute approximate surface area is 92.5 Å². The Hall–Kier alpha value is -1.91. The molecule has 0 radical (unpaired) electrons. The summed E-state index contributed by atoms with van der Waals surface area (Å²) in [4.78, 5) is 11.5. The molecule has 0 aromatic heterocycles. The lowest BCUT2D eigenvalue weighted by molar-refractivity contribution is -0.162. The Morgan fingerprint density at radius 1 is 1.50 bits per heavy atom. The van der Waals surface area contributed by atoms with Gasteiger partial charge in [-0.15, -0.1) is 0 Å². The lowest BCUT2D eigenvalue weighted by Crippen LogP contribution is -2.49. The Morgan fingerprint density at radius 3 is 2.94 bits per heavy atom. The molecule has 1 aliphatic heterocycles. The van der Waals surface area contributed by atoms with Gasteiger partial charge in [0.15, 0.2) is 11.5 Å². The van der Waals surface area contributed by atoms with Crippen LogP contribution in [0.2, 0.25) is 0 Å². The normalized spacial score (nSPS) is 22.6. The van der Waals surface area contributed by atoms with Crippen LogP contribution >= 0.6 is 0 Å². The largest absolute Gasteiger partial charge is 0.508 e. The minimum Gasteiger partial charge on any atom is -0.508 e. The quantitative estimate of drug-likeness (QED) is 0.723. The summed E-state index contributed by atoms with van der Waals surface area (Å²) in [7, 11) is 1.29. The number of phenolic OH excluding ortho intramolecular Hbond substituents is 1. The van der Waals surface area contributed by atoms with Crippen LogP contribution in [-0.4, -0.2) is 30.4 Å². The van der Waals surface area contributed by atoms with Crippen LogP contribution in [0.3, 0.4) is 0 Å². The molecule has 1 unspecified atom stereocenters. The monoisotopic (exact) mass is 224 g/mol. The van der Waals surface area contributed by atoms with Gasteiger partial charge in [-0.1, -0.05) is 0 Å². The van der Waals surface area contributed by atoms with Gasteiger partial charge in [0, 0.05) is 6.07 Å². The van der Waals surface area contributed by atoms with Crippen LogP contribution in [-0.2, 0) is 9.53 Å². The molecule has 1 N–H and O–H groups in total.